The predicted molar refractivity (Wildman–Crippen MR) is 71.1 cm³/mol. The fraction of sp³-hybridized carbons (Fsp3) is 0.357. The molecule has 1 N–H and O–H groups in total. The molecule has 108 valence electrons. The molecule has 1 atom stereocenters. The third kappa shape index (κ3) is 4.38. The highest BCUT2D eigenvalue weighted by atomic mass is 16.5. The van der Waals surface area contributed by atoms with Crippen LogP contribution in [0.2, 0.25) is 0 Å². The fourth-order valence-electron chi connectivity index (χ4n) is 1.71. The topological polar surface area (TPSA) is 81.7 Å². The van der Waals surface area contributed by atoms with Gasteiger partial charge in [0.05, 0.1) is 19.8 Å². The Bertz CT molecular complexity index is 495. The van der Waals surface area contributed by atoms with Crippen molar-refractivity contribution in [3.05, 3.63) is 35.4 Å². The van der Waals surface area contributed by atoms with Gasteiger partial charge in [-0.1, -0.05) is 12.1 Å². The second-order valence-electron chi connectivity index (χ2n) is 4.17. The van der Waals surface area contributed by atoms with Gasteiger partial charge in [-0.05, 0) is 17.7 Å². The highest BCUT2D eigenvalue weighted by Gasteiger charge is 2.20. The second kappa shape index (κ2) is 7.28. The van der Waals surface area contributed by atoms with E-state index in [9.17, 15) is 14.4 Å². The van der Waals surface area contributed by atoms with Gasteiger partial charge in [0, 0.05) is 13.3 Å². The number of hydrogen-bond donors (Lipinski definition) is 1. The summed E-state index contributed by atoms with van der Waals surface area (Å²) in [6, 6.07) is 5.85. The molecule has 1 aromatic carbocycles. The first-order valence-corrected chi connectivity index (χ1v) is 6.00. The Morgan fingerprint density at radius 1 is 1.10 bits per heavy atom. The van der Waals surface area contributed by atoms with E-state index in [0.717, 1.165) is 5.56 Å². The third-order valence-corrected chi connectivity index (χ3v) is 2.68. The van der Waals surface area contributed by atoms with Gasteiger partial charge in [-0.2, -0.15) is 0 Å². The summed E-state index contributed by atoms with van der Waals surface area (Å²) in [6.45, 7) is 1.33. The first-order chi connectivity index (χ1) is 9.47. The number of carbonyl (C=O) groups excluding carboxylic acids is 3. The summed E-state index contributed by atoms with van der Waals surface area (Å²) in [5, 5.41) is 2.52. The highest BCUT2D eigenvalue weighted by molar-refractivity contribution is 5.89. The van der Waals surface area contributed by atoms with Crippen LogP contribution in [0.5, 0.6) is 0 Å². The van der Waals surface area contributed by atoms with Gasteiger partial charge in [-0.25, -0.2) is 9.59 Å². The molecule has 6 nitrogen and oxygen atoms in total. The summed E-state index contributed by atoms with van der Waals surface area (Å²) < 4.78 is 9.23. The maximum Gasteiger partial charge on any atom is 0.337 e. The Morgan fingerprint density at radius 3 is 2.15 bits per heavy atom. The van der Waals surface area contributed by atoms with E-state index >= 15 is 0 Å². The molecule has 1 aromatic rings. The third-order valence-electron chi connectivity index (χ3n) is 2.68. The van der Waals surface area contributed by atoms with Crippen LogP contribution in [0.15, 0.2) is 24.3 Å². The molecule has 6 heteroatoms. The highest BCUT2D eigenvalue weighted by Crippen LogP contribution is 2.09. The lowest BCUT2D eigenvalue weighted by atomic mass is 10.0. The maximum atomic E-state index is 11.6. The first-order valence-electron chi connectivity index (χ1n) is 6.00. The SMILES string of the molecule is COC(=O)c1ccc(CC(NC(C)=O)C(=O)OC)cc1. The lowest BCUT2D eigenvalue weighted by Gasteiger charge is -2.15. The van der Waals surface area contributed by atoms with Crippen LogP contribution in [-0.2, 0) is 25.5 Å². The van der Waals surface area contributed by atoms with Gasteiger partial charge in [-0.15, -0.1) is 0 Å². The molecule has 0 spiro atoms. The van der Waals surface area contributed by atoms with Crippen LogP contribution in [0.3, 0.4) is 0 Å². The van der Waals surface area contributed by atoms with Gasteiger partial charge in [0.15, 0.2) is 0 Å². The van der Waals surface area contributed by atoms with Crippen LogP contribution in [0.1, 0.15) is 22.8 Å². The van der Waals surface area contributed by atoms with Crippen LogP contribution in [-0.4, -0.2) is 38.1 Å². The van der Waals surface area contributed by atoms with Gasteiger partial charge in [-0.3, -0.25) is 4.79 Å². The van der Waals surface area contributed by atoms with Gasteiger partial charge < -0.3 is 14.8 Å². The molecular formula is C14H17NO5. The number of amides is 1. The van der Waals surface area contributed by atoms with Crippen molar-refractivity contribution in [3.63, 3.8) is 0 Å². The molecule has 0 bridgehead atoms. The van der Waals surface area contributed by atoms with Crippen LogP contribution in [0.25, 0.3) is 0 Å². The molecule has 0 fully saturated rings. The zero-order valence-electron chi connectivity index (χ0n) is 11.6. The minimum absolute atomic E-state index is 0.285. The lowest BCUT2D eigenvalue weighted by molar-refractivity contribution is -0.144. The van der Waals surface area contributed by atoms with Crippen molar-refractivity contribution in [3.8, 4) is 0 Å². The number of carbonyl (C=O) groups is 3. The van der Waals surface area contributed by atoms with Crippen molar-refractivity contribution in [1.29, 1.82) is 0 Å². The van der Waals surface area contributed by atoms with Crippen molar-refractivity contribution in [2.75, 3.05) is 14.2 Å². The summed E-state index contributed by atoms with van der Waals surface area (Å²) in [5.41, 5.74) is 1.21. The molecule has 0 aromatic heterocycles. The number of benzene rings is 1. The monoisotopic (exact) mass is 279 g/mol. The van der Waals surface area contributed by atoms with Crippen LogP contribution in [0.4, 0.5) is 0 Å². The number of ether oxygens (including phenoxy) is 2. The van der Waals surface area contributed by atoms with Crippen molar-refractivity contribution < 1.29 is 23.9 Å². The molecule has 0 aliphatic heterocycles. The summed E-state index contributed by atoms with van der Waals surface area (Å²) in [7, 11) is 2.57. The normalized spacial score (nSPS) is 11.3. The molecule has 0 saturated heterocycles. The molecular weight excluding hydrogens is 262 g/mol. The molecule has 0 aliphatic carbocycles. The lowest BCUT2D eigenvalue weighted by Crippen LogP contribution is -2.41. The average Bonchev–Trinajstić information content (AvgIpc) is 2.45. The van der Waals surface area contributed by atoms with E-state index in [1.54, 1.807) is 24.3 Å². The molecule has 0 radical (unpaired) electrons. The maximum absolute atomic E-state index is 11.6. The zero-order chi connectivity index (χ0) is 15.1. The zero-order valence-corrected chi connectivity index (χ0v) is 11.6. The van der Waals surface area contributed by atoms with Crippen LogP contribution >= 0.6 is 0 Å². The standard InChI is InChI=1S/C14H17NO5/c1-9(16)15-12(14(18)20-3)8-10-4-6-11(7-5-10)13(17)19-2/h4-7,12H,8H2,1-3H3,(H,15,16). The van der Waals surface area contributed by atoms with Gasteiger partial charge in [0.2, 0.25) is 5.91 Å². The van der Waals surface area contributed by atoms with E-state index in [4.69, 9.17) is 0 Å². The van der Waals surface area contributed by atoms with E-state index in [0.29, 0.717) is 5.56 Å². The Labute approximate surface area is 117 Å². The minimum Gasteiger partial charge on any atom is -0.467 e. The number of methoxy groups -OCH3 is 2. The minimum atomic E-state index is -0.749. The molecule has 1 rings (SSSR count). The Kier molecular flexibility index (Phi) is 5.71. The molecule has 0 saturated carbocycles. The van der Waals surface area contributed by atoms with Crippen molar-refractivity contribution >= 4 is 17.8 Å². The van der Waals surface area contributed by atoms with Crippen molar-refractivity contribution in [2.24, 2.45) is 0 Å². The number of rotatable bonds is 5. The van der Waals surface area contributed by atoms with Gasteiger partial charge in [0.1, 0.15) is 6.04 Å². The van der Waals surface area contributed by atoms with Crippen LogP contribution < -0.4 is 5.32 Å². The molecule has 20 heavy (non-hydrogen) atoms. The van der Waals surface area contributed by atoms with Gasteiger partial charge >= 0.3 is 11.9 Å². The van der Waals surface area contributed by atoms with E-state index in [-0.39, 0.29) is 12.3 Å². The smallest absolute Gasteiger partial charge is 0.337 e. The van der Waals surface area contributed by atoms with Gasteiger partial charge in [0.25, 0.3) is 0 Å². The summed E-state index contributed by atoms with van der Waals surface area (Å²) >= 11 is 0. The van der Waals surface area contributed by atoms with E-state index in [1.165, 1.54) is 21.1 Å². The van der Waals surface area contributed by atoms with Crippen LogP contribution in [0, 0.1) is 0 Å². The summed E-state index contributed by atoms with van der Waals surface area (Å²) in [5.74, 6) is -1.26. The van der Waals surface area contributed by atoms with E-state index < -0.39 is 18.0 Å². The molecule has 0 heterocycles. The van der Waals surface area contributed by atoms with E-state index in [2.05, 4.69) is 14.8 Å². The molecule has 1 amide bonds. The first kappa shape index (κ1) is 15.7. The average molecular weight is 279 g/mol. The Balaban J connectivity index is 2.80. The van der Waals surface area contributed by atoms with Crippen molar-refractivity contribution in [2.45, 2.75) is 19.4 Å². The molecule has 0 aliphatic rings. The van der Waals surface area contributed by atoms with E-state index in [1.807, 2.05) is 0 Å². The number of hydrogen-bond acceptors (Lipinski definition) is 5. The second-order valence-corrected chi connectivity index (χ2v) is 4.17. The Morgan fingerprint density at radius 2 is 1.70 bits per heavy atom. The summed E-state index contributed by atoms with van der Waals surface area (Å²) in [4.78, 5) is 33.9. The fourth-order valence-corrected chi connectivity index (χ4v) is 1.71. The largest absolute Gasteiger partial charge is 0.467 e. The number of nitrogens with one attached hydrogen (secondary N) is 1. The number of esters is 2. The van der Waals surface area contributed by atoms with Crippen molar-refractivity contribution in [1.82, 2.24) is 5.32 Å². The Hall–Kier alpha value is -2.37. The predicted octanol–water partition coefficient (Wildman–Crippen LogP) is 0.693. The molecule has 1 unspecified atom stereocenters. The quantitative estimate of drug-likeness (QED) is 0.802. The summed E-state index contributed by atoms with van der Waals surface area (Å²) in [6.07, 6.45) is 0.285.